The zero-order valence-corrected chi connectivity index (χ0v) is 16.5. The van der Waals surface area contributed by atoms with Gasteiger partial charge < -0.3 is 9.40 Å². The minimum absolute atomic E-state index is 0.0374. The summed E-state index contributed by atoms with van der Waals surface area (Å²) in [6.45, 7) is 6.95. The lowest BCUT2D eigenvalue weighted by atomic mass is 9.89. The van der Waals surface area contributed by atoms with Gasteiger partial charge in [-0.25, -0.2) is 0 Å². The number of H-pyrrole nitrogens is 1. The Balaban J connectivity index is 1.71. The molecule has 1 N–H and O–H groups in total. The van der Waals surface area contributed by atoms with Crippen LogP contribution < -0.4 is 0 Å². The van der Waals surface area contributed by atoms with Crippen LogP contribution >= 0.6 is 11.8 Å². The van der Waals surface area contributed by atoms with Crippen molar-refractivity contribution >= 4 is 23.3 Å². The van der Waals surface area contributed by atoms with Gasteiger partial charge in [0.15, 0.2) is 11.6 Å². The maximum Gasteiger partial charge on any atom is 0.277 e. The minimum atomic E-state index is -0.383. The molecule has 2 heterocycles. The smallest absolute Gasteiger partial charge is 0.277 e. The van der Waals surface area contributed by atoms with Crippen LogP contribution in [0.15, 0.2) is 9.64 Å². The lowest BCUT2D eigenvalue weighted by Gasteiger charge is -2.17. The normalized spacial score (nSPS) is 16.6. The van der Waals surface area contributed by atoms with Gasteiger partial charge in [0.1, 0.15) is 0 Å². The molecular weight excluding hydrogens is 350 g/mol. The molecule has 0 aromatic carbocycles. The fourth-order valence-electron chi connectivity index (χ4n) is 3.72. The van der Waals surface area contributed by atoms with E-state index in [0.29, 0.717) is 33.9 Å². The fourth-order valence-corrected chi connectivity index (χ4v) is 4.46. The Labute approximate surface area is 157 Å². The zero-order valence-electron chi connectivity index (χ0n) is 15.7. The lowest BCUT2D eigenvalue weighted by Crippen LogP contribution is -2.15. The van der Waals surface area contributed by atoms with E-state index in [0.717, 1.165) is 18.5 Å². The Kier molecular flexibility index (Phi) is 5.65. The summed E-state index contributed by atoms with van der Waals surface area (Å²) in [6, 6.07) is 0. The van der Waals surface area contributed by atoms with Crippen LogP contribution in [0.4, 0.5) is 0 Å². The van der Waals surface area contributed by atoms with Gasteiger partial charge in [0.2, 0.25) is 5.89 Å². The number of nitrogens with zero attached hydrogens (tertiary/aromatic N) is 2. The van der Waals surface area contributed by atoms with Gasteiger partial charge in [-0.3, -0.25) is 9.59 Å². The minimum Gasteiger partial charge on any atom is -0.416 e. The number of hydrogen-bond donors (Lipinski definition) is 1. The van der Waals surface area contributed by atoms with Crippen molar-refractivity contribution < 1.29 is 14.0 Å². The third-order valence-corrected chi connectivity index (χ3v) is 5.99. The Morgan fingerprint density at radius 1 is 1.19 bits per heavy atom. The summed E-state index contributed by atoms with van der Waals surface area (Å²) in [4.78, 5) is 27.6. The summed E-state index contributed by atoms with van der Waals surface area (Å²) in [7, 11) is 0. The molecule has 1 saturated carbocycles. The average Bonchev–Trinajstić information content (AvgIpc) is 3.19. The van der Waals surface area contributed by atoms with Gasteiger partial charge in [-0.1, -0.05) is 31.0 Å². The number of ketones is 2. The molecule has 0 aliphatic heterocycles. The topological polar surface area (TPSA) is 88.9 Å². The first-order valence-corrected chi connectivity index (χ1v) is 10.0. The molecule has 0 amide bonds. The van der Waals surface area contributed by atoms with Crippen molar-refractivity contribution in [1.82, 2.24) is 15.2 Å². The molecular formula is C19H25N3O3S. The standard InChI is InChI=1S/C19H25N3O3S/c1-10-15(12(3)23)11(2)20-16(10)17(24)13(4)26-19-22-21-18(25-19)14-8-6-5-7-9-14/h13-14,20H,5-9H2,1-4H3/t13-/m0/s1. The average molecular weight is 375 g/mol. The van der Waals surface area contributed by atoms with Gasteiger partial charge in [-0.05, 0) is 46.1 Å². The Morgan fingerprint density at radius 3 is 2.50 bits per heavy atom. The highest BCUT2D eigenvalue weighted by Gasteiger charge is 2.27. The summed E-state index contributed by atoms with van der Waals surface area (Å²) in [6.07, 6.45) is 5.86. The Morgan fingerprint density at radius 2 is 1.88 bits per heavy atom. The molecule has 0 radical (unpaired) electrons. The Hall–Kier alpha value is -1.89. The molecule has 26 heavy (non-hydrogen) atoms. The van der Waals surface area contributed by atoms with Gasteiger partial charge >= 0.3 is 0 Å². The van der Waals surface area contributed by atoms with E-state index in [1.165, 1.54) is 37.9 Å². The first-order chi connectivity index (χ1) is 12.4. The Bertz CT molecular complexity index is 818. The van der Waals surface area contributed by atoms with E-state index in [-0.39, 0.29) is 16.8 Å². The highest BCUT2D eigenvalue weighted by molar-refractivity contribution is 8.00. The molecule has 1 aliphatic rings. The van der Waals surface area contributed by atoms with Crippen LogP contribution in [0, 0.1) is 13.8 Å². The monoisotopic (exact) mass is 375 g/mol. The quantitative estimate of drug-likeness (QED) is 0.585. The number of carbonyl (C=O) groups excluding carboxylic acids is 2. The second-order valence-electron chi connectivity index (χ2n) is 7.05. The van der Waals surface area contributed by atoms with Crippen LogP contribution in [0.1, 0.15) is 89.9 Å². The number of Topliss-reactive ketones (excluding diaryl/α,β-unsaturated/α-hetero) is 2. The molecule has 3 rings (SSSR count). The molecule has 1 aliphatic carbocycles. The van der Waals surface area contributed by atoms with E-state index in [9.17, 15) is 9.59 Å². The van der Waals surface area contributed by atoms with Crippen LogP contribution in [0.3, 0.4) is 0 Å². The second-order valence-corrected chi connectivity index (χ2v) is 8.34. The van der Waals surface area contributed by atoms with Gasteiger partial charge in [0.05, 0.1) is 10.9 Å². The highest BCUT2D eigenvalue weighted by atomic mass is 32.2. The number of rotatable bonds is 6. The lowest BCUT2D eigenvalue weighted by molar-refractivity contribution is 0.0988. The number of aromatic amines is 1. The summed E-state index contributed by atoms with van der Waals surface area (Å²) < 4.78 is 5.80. The number of nitrogens with one attached hydrogen (secondary N) is 1. The van der Waals surface area contributed by atoms with Crippen LogP contribution in [-0.2, 0) is 0 Å². The predicted octanol–water partition coefficient (Wildman–Crippen LogP) is 4.63. The van der Waals surface area contributed by atoms with Crippen molar-refractivity contribution in [2.45, 2.75) is 76.2 Å². The SMILES string of the molecule is CC(=O)c1c(C)[nH]c(C(=O)[C@H](C)Sc2nnc(C3CCCCC3)o2)c1C. The van der Waals surface area contributed by atoms with Crippen LogP contribution in [0.5, 0.6) is 0 Å². The largest absolute Gasteiger partial charge is 0.416 e. The number of aryl methyl sites for hydroxylation is 1. The van der Waals surface area contributed by atoms with Crippen molar-refractivity contribution in [3.8, 4) is 0 Å². The first kappa shape index (κ1) is 18.9. The summed E-state index contributed by atoms with van der Waals surface area (Å²) in [5.74, 6) is 0.936. The molecule has 0 saturated heterocycles. The number of hydrogen-bond acceptors (Lipinski definition) is 6. The first-order valence-electron chi connectivity index (χ1n) is 9.12. The molecule has 7 heteroatoms. The van der Waals surface area contributed by atoms with Crippen molar-refractivity contribution in [2.75, 3.05) is 0 Å². The molecule has 0 bridgehead atoms. The van der Waals surface area contributed by atoms with Crippen molar-refractivity contribution in [2.24, 2.45) is 0 Å². The van der Waals surface area contributed by atoms with Crippen molar-refractivity contribution in [1.29, 1.82) is 0 Å². The molecule has 2 aromatic rings. The number of aromatic nitrogens is 3. The van der Waals surface area contributed by atoms with Gasteiger partial charge in [-0.15, -0.1) is 10.2 Å². The molecule has 1 fully saturated rings. The second kappa shape index (κ2) is 7.78. The maximum absolute atomic E-state index is 12.8. The van der Waals surface area contributed by atoms with Crippen LogP contribution in [-0.4, -0.2) is 32.0 Å². The molecule has 0 spiro atoms. The molecule has 6 nitrogen and oxygen atoms in total. The summed E-state index contributed by atoms with van der Waals surface area (Å²) in [5.41, 5.74) is 2.52. The van der Waals surface area contributed by atoms with Crippen molar-refractivity contribution in [3.63, 3.8) is 0 Å². The maximum atomic E-state index is 12.8. The fraction of sp³-hybridized carbons (Fsp3) is 0.579. The van der Waals surface area contributed by atoms with E-state index in [1.807, 2.05) is 13.8 Å². The van der Waals surface area contributed by atoms with Crippen molar-refractivity contribution in [3.05, 3.63) is 28.4 Å². The van der Waals surface area contributed by atoms with Crippen LogP contribution in [0.25, 0.3) is 0 Å². The van der Waals surface area contributed by atoms with E-state index in [1.54, 1.807) is 6.92 Å². The highest BCUT2D eigenvalue weighted by Crippen LogP contribution is 2.34. The third-order valence-electron chi connectivity index (χ3n) is 5.06. The summed E-state index contributed by atoms with van der Waals surface area (Å²) >= 11 is 1.27. The van der Waals surface area contributed by atoms with Gasteiger partial charge in [0.25, 0.3) is 5.22 Å². The molecule has 0 unspecified atom stereocenters. The van der Waals surface area contributed by atoms with E-state index < -0.39 is 0 Å². The van der Waals surface area contributed by atoms with E-state index in [2.05, 4.69) is 15.2 Å². The van der Waals surface area contributed by atoms with E-state index in [4.69, 9.17) is 4.42 Å². The molecule has 2 aromatic heterocycles. The van der Waals surface area contributed by atoms with Gasteiger partial charge in [0, 0.05) is 17.2 Å². The predicted molar refractivity (Wildman–Crippen MR) is 100 cm³/mol. The third kappa shape index (κ3) is 3.77. The van der Waals surface area contributed by atoms with Crippen LogP contribution in [0.2, 0.25) is 0 Å². The zero-order chi connectivity index (χ0) is 18.8. The van der Waals surface area contributed by atoms with Gasteiger partial charge in [-0.2, -0.15) is 0 Å². The number of carbonyl (C=O) groups is 2. The molecule has 1 atom stereocenters. The van der Waals surface area contributed by atoms with E-state index >= 15 is 0 Å². The molecule has 140 valence electrons. The summed E-state index contributed by atoms with van der Waals surface area (Å²) in [5, 5.41) is 8.34. The number of thioether (sulfide) groups is 1.